The van der Waals surface area contributed by atoms with E-state index in [1.54, 1.807) is 19.4 Å². The lowest BCUT2D eigenvalue weighted by molar-refractivity contribution is -0.0930. The quantitative estimate of drug-likeness (QED) is 0.579. The summed E-state index contributed by atoms with van der Waals surface area (Å²) in [5.41, 5.74) is 2.41. The fourth-order valence-electron chi connectivity index (χ4n) is 5.35. The van der Waals surface area contributed by atoms with Crippen molar-refractivity contribution < 1.29 is 22.3 Å². The maximum atomic E-state index is 13.5. The van der Waals surface area contributed by atoms with Crippen LogP contribution in [0.1, 0.15) is 31.4 Å². The van der Waals surface area contributed by atoms with E-state index in [4.69, 9.17) is 9.47 Å². The summed E-state index contributed by atoms with van der Waals surface area (Å²) < 4.78 is 51.2. The average molecular weight is 475 g/mol. The van der Waals surface area contributed by atoms with Crippen molar-refractivity contribution in [1.82, 2.24) is 9.71 Å². The molecule has 33 heavy (non-hydrogen) atoms. The van der Waals surface area contributed by atoms with Crippen molar-refractivity contribution in [2.75, 3.05) is 20.2 Å². The molecule has 2 aliphatic carbocycles. The van der Waals surface area contributed by atoms with Crippen LogP contribution in [0.4, 0.5) is 4.39 Å². The van der Waals surface area contributed by atoms with Gasteiger partial charge >= 0.3 is 0 Å². The third kappa shape index (κ3) is 6.26. The van der Waals surface area contributed by atoms with Crippen molar-refractivity contribution in [2.45, 2.75) is 37.8 Å². The molecule has 0 spiro atoms. The Morgan fingerprint density at radius 1 is 1.18 bits per heavy atom. The zero-order chi connectivity index (χ0) is 23.4. The molecule has 0 unspecified atom stereocenters. The van der Waals surface area contributed by atoms with Crippen LogP contribution in [-0.4, -0.2) is 45.7 Å². The second kappa shape index (κ2) is 10.4. The van der Waals surface area contributed by atoms with Crippen molar-refractivity contribution in [3.63, 3.8) is 0 Å². The summed E-state index contributed by atoms with van der Waals surface area (Å²) in [6, 6.07) is 10.1. The Hall–Kier alpha value is -2.13. The molecule has 2 aliphatic rings. The van der Waals surface area contributed by atoms with E-state index < -0.39 is 10.0 Å². The Balaban J connectivity index is 1.49. The molecule has 0 saturated heterocycles. The van der Waals surface area contributed by atoms with Gasteiger partial charge in [-0.15, -0.1) is 0 Å². The Morgan fingerprint density at radius 2 is 2.03 bits per heavy atom. The molecule has 2 fully saturated rings. The first-order chi connectivity index (χ1) is 15.8. The number of benzene rings is 1. The van der Waals surface area contributed by atoms with Crippen LogP contribution in [-0.2, 0) is 19.5 Å². The lowest BCUT2D eigenvalue weighted by atomic mass is 9.76. The highest BCUT2D eigenvalue weighted by Crippen LogP contribution is 2.47. The molecule has 1 N–H and O–H groups in total. The van der Waals surface area contributed by atoms with E-state index in [1.165, 1.54) is 18.4 Å². The van der Waals surface area contributed by atoms with Gasteiger partial charge in [0.15, 0.2) is 0 Å². The number of sulfonamides is 1. The van der Waals surface area contributed by atoms with Crippen LogP contribution >= 0.6 is 0 Å². The molecule has 1 heterocycles. The molecule has 2 aromatic rings. The van der Waals surface area contributed by atoms with E-state index in [0.29, 0.717) is 11.8 Å². The Bertz CT molecular complexity index is 1070. The second-order valence-corrected chi connectivity index (χ2v) is 10.9. The van der Waals surface area contributed by atoms with Gasteiger partial charge in [0.2, 0.25) is 10.0 Å². The molecule has 5 atom stereocenters. The zero-order valence-corrected chi connectivity index (χ0v) is 19.8. The number of halogens is 1. The molecule has 178 valence electrons. The molecule has 4 rings (SSSR count). The topological polar surface area (TPSA) is 77.5 Å². The standard InChI is InChI=1S/C25H31FN2O4S/c1-31-16-32-22-9-11-23-19(13-22)14-25(28-33(2,29)30)24(23)10-8-21-7-6-18(15-27-21)17-4-3-5-20(26)12-17/h3-8,10,12,15,19,22-25,28H,9,11,13-14,16H2,1-2H3/b10-8+/t19-,22+,23+,24-,25+/m0/s1. The molecule has 6 nitrogen and oxygen atoms in total. The summed E-state index contributed by atoms with van der Waals surface area (Å²) in [4.78, 5) is 4.51. The van der Waals surface area contributed by atoms with Crippen LogP contribution in [0.5, 0.6) is 0 Å². The van der Waals surface area contributed by atoms with Gasteiger partial charge in [-0.1, -0.05) is 24.3 Å². The van der Waals surface area contributed by atoms with Crippen molar-refractivity contribution in [3.8, 4) is 11.1 Å². The molecular weight excluding hydrogens is 443 g/mol. The van der Waals surface area contributed by atoms with Crippen LogP contribution in [0.25, 0.3) is 17.2 Å². The normalized spacial score (nSPS) is 27.7. The van der Waals surface area contributed by atoms with Gasteiger partial charge in [-0.25, -0.2) is 17.5 Å². The highest BCUT2D eigenvalue weighted by atomic mass is 32.2. The Kier molecular flexibility index (Phi) is 7.58. The highest BCUT2D eigenvalue weighted by Gasteiger charge is 2.45. The van der Waals surface area contributed by atoms with Crippen LogP contribution in [0, 0.1) is 23.6 Å². The van der Waals surface area contributed by atoms with Gasteiger partial charge in [-0.05, 0) is 73.3 Å². The van der Waals surface area contributed by atoms with Gasteiger partial charge in [0, 0.05) is 24.9 Å². The lowest BCUT2D eigenvalue weighted by Gasteiger charge is -2.33. The van der Waals surface area contributed by atoms with Crippen LogP contribution in [0.2, 0.25) is 0 Å². The zero-order valence-electron chi connectivity index (χ0n) is 19.0. The molecule has 1 aromatic heterocycles. The largest absolute Gasteiger partial charge is 0.359 e. The number of methoxy groups -OCH3 is 1. The van der Waals surface area contributed by atoms with E-state index in [9.17, 15) is 12.8 Å². The van der Waals surface area contributed by atoms with E-state index in [2.05, 4.69) is 15.8 Å². The van der Waals surface area contributed by atoms with Gasteiger partial charge in [0.1, 0.15) is 12.6 Å². The average Bonchev–Trinajstić information content (AvgIpc) is 3.11. The number of pyridine rings is 1. The molecular formula is C25H31FN2O4S. The second-order valence-electron chi connectivity index (χ2n) is 9.08. The summed E-state index contributed by atoms with van der Waals surface area (Å²) in [7, 11) is -1.70. The fraction of sp³-hybridized carbons (Fsp3) is 0.480. The Labute approximate surface area is 195 Å². The van der Waals surface area contributed by atoms with Crippen molar-refractivity contribution in [1.29, 1.82) is 0 Å². The monoisotopic (exact) mass is 474 g/mol. The first-order valence-electron chi connectivity index (χ1n) is 11.3. The number of ether oxygens (including phenoxy) is 2. The molecule has 0 bridgehead atoms. The number of fused-ring (bicyclic) bond motifs is 1. The van der Waals surface area contributed by atoms with E-state index >= 15 is 0 Å². The van der Waals surface area contributed by atoms with E-state index in [1.807, 2.05) is 24.3 Å². The number of nitrogens with one attached hydrogen (secondary N) is 1. The summed E-state index contributed by atoms with van der Waals surface area (Å²) in [5.74, 6) is 0.615. The summed E-state index contributed by atoms with van der Waals surface area (Å²) in [6.07, 6.45) is 10.8. The van der Waals surface area contributed by atoms with Gasteiger partial charge in [-0.3, -0.25) is 4.98 Å². The Morgan fingerprint density at radius 3 is 2.73 bits per heavy atom. The van der Waals surface area contributed by atoms with Crippen molar-refractivity contribution in [3.05, 3.63) is 60.2 Å². The summed E-state index contributed by atoms with van der Waals surface area (Å²) in [6.45, 7) is 0.285. The molecule has 8 heteroatoms. The van der Waals surface area contributed by atoms with Gasteiger partial charge in [0.05, 0.1) is 18.1 Å². The summed E-state index contributed by atoms with van der Waals surface area (Å²) in [5, 5.41) is 0. The molecule has 2 saturated carbocycles. The smallest absolute Gasteiger partial charge is 0.208 e. The van der Waals surface area contributed by atoms with Crippen LogP contribution < -0.4 is 4.72 Å². The number of rotatable bonds is 8. The predicted octanol–water partition coefficient (Wildman–Crippen LogP) is 4.24. The molecule has 0 radical (unpaired) electrons. The van der Waals surface area contributed by atoms with Gasteiger partial charge in [0.25, 0.3) is 0 Å². The SMILES string of the molecule is COCO[C@@H]1CC[C@@H]2[C@@H](C1)C[C@@H](NS(C)(=O)=O)[C@H]2/C=C/c1ccc(-c2cccc(F)c2)cn1. The maximum Gasteiger partial charge on any atom is 0.208 e. The van der Waals surface area contributed by atoms with Gasteiger partial charge in [-0.2, -0.15) is 0 Å². The highest BCUT2D eigenvalue weighted by molar-refractivity contribution is 7.88. The lowest BCUT2D eigenvalue weighted by Crippen LogP contribution is -2.37. The summed E-state index contributed by atoms with van der Waals surface area (Å²) >= 11 is 0. The van der Waals surface area contributed by atoms with E-state index in [0.717, 1.165) is 42.5 Å². The van der Waals surface area contributed by atoms with Crippen LogP contribution in [0.3, 0.4) is 0 Å². The first kappa shape index (κ1) is 24.0. The maximum absolute atomic E-state index is 13.5. The van der Waals surface area contributed by atoms with Gasteiger partial charge < -0.3 is 9.47 Å². The first-order valence-corrected chi connectivity index (χ1v) is 13.2. The number of nitrogens with zero attached hydrogens (tertiary/aromatic N) is 1. The molecule has 1 aromatic carbocycles. The predicted molar refractivity (Wildman–Crippen MR) is 126 cm³/mol. The third-order valence-corrected chi connectivity index (χ3v) is 7.46. The number of aromatic nitrogens is 1. The minimum absolute atomic E-state index is 0.0952. The minimum atomic E-state index is -3.32. The molecule has 0 amide bonds. The van der Waals surface area contributed by atoms with Crippen molar-refractivity contribution >= 4 is 16.1 Å². The molecule has 0 aliphatic heterocycles. The third-order valence-electron chi connectivity index (χ3n) is 6.73. The van der Waals surface area contributed by atoms with Crippen molar-refractivity contribution in [2.24, 2.45) is 17.8 Å². The fourth-order valence-corrected chi connectivity index (χ4v) is 6.15. The van der Waals surface area contributed by atoms with Crippen LogP contribution in [0.15, 0.2) is 48.7 Å². The van der Waals surface area contributed by atoms with E-state index in [-0.39, 0.29) is 30.7 Å². The number of hydrogen-bond acceptors (Lipinski definition) is 5. The minimum Gasteiger partial charge on any atom is -0.359 e. The number of hydrogen-bond donors (Lipinski definition) is 1.